The van der Waals surface area contributed by atoms with Crippen molar-refractivity contribution in [2.24, 2.45) is 0 Å². The van der Waals surface area contributed by atoms with Gasteiger partial charge in [-0.1, -0.05) is 62.4 Å². The fourth-order valence-electron chi connectivity index (χ4n) is 2.77. The van der Waals surface area contributed by atoms with Crippen LogP contribution >= 0.6 is 23.2 Å². The van der Waals surface area contributed by atoms with Crippen molar-refractivity contribution in [3.8, 4) is 11.5 Å². The van der Waals surface area contributed by atoms with E-state index in [0.29, 0.717) is 0 Å². The second kappa shape index (κ2) is 9.37. The van der Waals surface area contributed by atoms with Crippen molar-refractivity contribution < 1.29 is 27.8 Å². The number of rotatable bonds is 4. The maximum absolute atomic E-state index is 12.4. The van der Waals surface area contributed by atoms with Crippen molar-refractivity contribution in [1.29, 1.82) is 0 Å². The molecule has 3 aromatic carbocycles. The molecule has 3 rings (SSSR count). The highest BCUT2D eigenvalue weighted by atomic mass is 35.5. The highest BCUT2D eigenvalue weighted by molar-refractivity contribution is 6.22. The van der Waals surface area contributed by atoms with Gasteiger partial charge in [0.05, 0.1) is 0 Å². The molecule has 0 aliphatic heterocycles. The molecule has 0 unspecified atom stereocenters. The number of phenols is 2. The number of aromatic hydroxyl groups is 2. The Hall–Kier alpha value is -2.44. The second-order valence-electron chi connectivity index (χ2n) is 7.29. The van der Waals surface area contributed by atoms with E-state index in [0.717, 1.165) is 35.4 Å². The molecule has 0 radical (unpaired) electrons. The topological polar surface area (TPSA) is 40.5 Å². The minimum absolute atomic E-state index is 0.151. The van der Waals surface area contributed by atoms with Crippen molar-refractivity contribution in [3.05, 3.63) is 95.1 Å². The zero-order valence-electron chi connectivity index (χ0n) is 16.6. The third-order valence-corrected chi connectivity index (χ3v) is 5.15. The van der Waals surface area contributed by atoms with Crippen LogP contribution in [-0.2, 0) is 16.2 Å². The van der Waals surface area contributed by atoms with Crippen molar-refractivity contribution in [3.63, 3.8) is 0 Å². The lowest BCUT2D eigenvalue weighted by molar-refractivity contribution is 0.0906. The lowest BCUT2D eigenvalue weighted by Gasteiger charge is -2.26. The molecule has 0 spiro atoms. The molecule has 0 aliphatic carbocycles. The molecule has 0 heterocycles. The van der Waals surface area contributed by atoms with Crippen molar-refractivity contribution >= 4 is 23.2 Å². The molecule has 0 saturated carbocycles. The van der Waals surface area contributed by atoms with Crippen LogP contribution in [0.5, 0.6) is 11.5 Å². The molecule has 8 heteroatoms. The first-order chi connectivity index (χ1) is 14.2. The first-order valence-corrected chi connectivity index (χ1v) is 9.80. The molecule has 3 aromatic rings. The molecule has 0 atom stereocenters. The van der Waals surface area contributed by atoms with Gasteiger partial charge in [0.1, 0.15) is 11.5 Å². The van der Waals surface area contributed by atoms with Gasteiger partial charge in [0.15, 0.2) is 0 Å². The number of phenolic OH excluding ortho intramolecular Hbond substituents is 2. The summed E-state index contributed by atoms with van der Waals surface area (Å²) < 4.78 is 49.7. The number of hydrogen-bond donors (Lipinski definition) is 2. The van der Waals surface area contributed by atoms with Crippen LogP contribution in [0, 0.1) is 0 Å². The second-order valence-corrected chi connectivity index (χ2v) is 8.24. The van der Waals surface area contributed by atoms with Crippen LogP contribution in [0.2, 0.25) is 0 Å². The summed E-state index contributed by atoms with van der Waals surface area (Å²) in [5.74, 6) is 0.547. The van der Waals surface area contributed by atoms with E-state index in [-0.39, 0.29) is 16.9 Å². The fraction of sp³-hybridized carbons (Fsp3) is 0.217. The Labute approximate surface area is 187 Å². The summed E-state index contributed by atoms with van der Waals surface area (Å²) in [6.07, 6.45) is 0. The van der Waals surface area contributed by atoms with Gasteiger partial charge < -0.3 is 10.2 Å². The molecule has 0 bridgehead atoms. The molecule has 0 amide bonds. The van der Waals surface area contributed by atoms with Crippen LogP contribution in [0.15, 0.2) is 72.8 Å². The monoisotopic (exact) mass is 474 g/mol. The fourth-order valence-corrected chi connectivity index (χ4v) is 3.02. The number of halogens is 6. The minimum atomic E-state index is -3.56. The Morgan fingerprint density at radius 3 is 0.968 bits per heavy atom. The summed E-state index contributed by atoms with van der Waals surface area (Å²) in [6.45, 7) is 4.23. The lowest BCUT2D eigenvalue weighted by Crippen LogP contribution is -2.18. The van der Waals surface area contributed by atoms with Crippen molar-refractivity contribution in [1.82, 2.24) is 0 Å². The van der Waals surface area contributed by atoms with Crippen LogP contribution < -0.4 is 0 Å². The van der Waals surface area contributed by atoms with E-state index in [1.807, 2.05) is 24.3 Å². The SMILES string of the molecule is CC(C)(c1ccc(O)cc1)c1ccc(O)cc1.FC(F)(Cl)c1ccc(C(F)(F)Cl)cc1. The summed E-state index contributed by atoms with van der Waals surface area (Å²) in [5, 5.41) is 11.5. The summed E-state index contributed by atoms with van der Waals surface area (Å²) in [4.78, 5) is 0. The third kappa shape index (κ3) is 6.77. The molecule has 166 valence electrons. The van der Waals surface area contributed by atoms with Gasteiger partial charge in [-0.25, -0.2) is 0 Å². The van der Waals surface area contributed by atoms with Crippen LogP contribution in [-0.4, -0.2) is 10.2 Å². The van der Waals surface area contributed by atoms with E-state index in [1.54, 1.807) is 24.3 Å². The molecular weight excluding hydrogens is 455 g/mol. The van der Waals surface area contributed by atoms with Crippen molar-refractivity contribution in [2.45, 2.75) is 30.0 Å². The molecule has 2 N–H and O–H groups in total. The molecule has 2 nitrogen and oxygen atoms in total. The van der Waals surface area contributed by atoms with Crippen LogP contribution in [0.1, 0.15) is 36.1 Å². The van der Waals surface area contributed by atoms with Gasteiger partial charge in [0.25, 0.3) is 0 Å². The summed E-state index contributed by atoms with van der Waals surface area (Å²) in [7, 11) is 0. The number of hydrogen-bond acceptors (Lipinski definition) is 2. The predicted octanol–water partition coefficient (Wildman–Crippen LogP) is 7.69. The quantitative estimate of drug-likeness (QED) is 0.300. The maximum atomic E-state index is 12.4. The zero-order valence-corrected chi connectivity index (χ0v) is 18.1. The average molecular weight is 475 g/mol. The van der Waals surface area contributed by atoms with Gasteiger partial charge in [-0.15, -0.1) is 0 Å². The van der Waals surface area contributed by atoms with Gasteiger partial charge in [-0.2, -0.15) is 17.6 Å². The van der Waals surface area contributed by atoms with E-state index in [2.05, 4.69) is 37.0 Å². The molecular formula is C23H20Cl2F4O2. The first-order valence-electron chi connectivity index (χ1n) is 9.05. The smallest absolute Gasteiger partial charge is 0.348 e. The van der Waals surface area contributed by atoms with Gasteiger partial charge in [-0.05, 0) is 58.6 Å². The van der Waals surface area contributed by atoms with Gasteiger partial charge in [0.2, 0.25) is 0 Å². The standard InChI is InChI=1S/C15H16O2.C8H4Cl2F4/c1-15(2,11-3-7-13(16)8-4-11)12-5-9-14(17)10-6-12;9-7(11,12)5-1-2-6(4-3-5)8(10,13)14/h3-10,16-17H,1-2H3;1-4H. The molecule has 31 heavy (non-hydrogen) atoms. The Bertz CT molecular complexity index is 896. The first kappa shape index (κ1) is 24.8. The van der Waals surface area contributed by atoms with E-state index in [4.69, 9.17) is 0 Å². The summed E-state index contributed by atoms with van der Waals surface area (Å²) >= 11 is 9.34. The number of alkyl halides is 6. The van der Waals surface area contributed by atoms with E-state index >= 15 is 0 Å². The van der Waals surface area contributed by atoms with Gasteiger partial charge >= 0.3 is 10.8 Å². The van der Waals surface area contributed by atoms with Gasteiger partial charge in [0, 0.05) is 16.5 Å². The normalized spacial score (nSPS) is 12.1. The minimum Gasteiger partial charge on any atom is -0.508 e. The average Bonchev–Trinajstić information content (AvgIpc) is 2.68. The van der Waals surface area contributed by atoms with E-state index < -0.39 is 21.9 Å². The number of benzene rings is 3. The molecule has 0 saturated heterocycles. The van der Waals surface area contributed by atoms with Crippen LogP contribution in [0.25, 0.3) is 0 Å². The predicted molar refractivity (Wildman–Crippen MR) is 114 cm³/mol. The highest BCUT2D eigenvalue weighted by Gasteiger charge is 2.31. The summed E-state index contributed by atoms with van der Waals surface area (Å²) in [5.41, 5.74) is 0.996. The van der Waals surface area contributed by atoms with Crippen LogP contribution in [0.3, 0.4) is 0 Å². The van der Waals surface area contributed by atoms with Crippen molar-refractivity contribution in [2.75, 3.05) is 0 Å². The Morgan fingerprint density at radius 1 is 0.516 bits per heavy atom. The zero-order chi connectivity index (χ0) is 23.4. The lowest BCUT2D eigenvalue weighted by atomic mass is 9.78. The van der Waals surface area contributed by atoms with E-state index in [9.17, 15) is 27.8 Å². The Kier molecular flexibility index (Phi) is 7.50. The van der Waals surface area contributed by atoms with E-state index in [1.165, 1.54) is 0 Å². The Morgan fingerprint density at radius 2 is 0.742 bits per heavy atom. The molecule has 0 aromatic heterocycles. The highest BCUT2D eigenvalue weighted by Crippen LogP contribution is 2.36. The van der Waals surface area contributed by atoms with Gasteiger partial charge in [-0.3, -0.25) is 0 Å². The third-order valence-electron chi connectivity index (χ3n) is 4.72. The largest absolute Gasteiger partial charge is 0.508 e. The molecule has 0 aliphatic rings. The Balaban J connectivity index is 0.000000225. The molecule has 0 fully saturated rings. The maximum Gasteiger partial charge on any atom is 0.348 e. The van der Waals surface area contributed by atoms with Crippen LogP contribution in [0.4, 0.5) is 17.6 Å². The summed E-state index contributed by atoms with van der Waals surface area (Å²) in [6, 6.07) is 17.7.